The number of nitrogens with zero attached hydrogens (tertiary/aromatic N) is 8. The molecule has 1 aliphatic rings. The van der Waals surface area contributed by atoms with Gasteiger partial charge in [0.15, 0.2) is 0 Å². The topological polar surface area (TPSA) is 135 Å². The van der Waals surface area contributed by atoms with E-state index in [1.54, 1.807) is 19.1 Å². The van der Waals surface area contributed by atoms with E-state index in [1.807, 2.05) is 0 Å². The predicted molar refractivity (Wildman–Crippen MR) is 87.3 cm³/mol. The van der Waals surface area contributed by atoms with Crippen LogP contribution in [0.3, 0.4) is 0 Å². The van der Waals surface area contributed by atoms with E-state index < -0.39 is 11.7 Å². The predicted octanol–water partition coefficient (Wildman–Crippen LogP) is 2.18. The van der Waals surface area contributed by atoms with Crippen molar-refractivity contribution in [2.24, 2.45) is 26.7 Å². The van der Waals surface area contributed by atoms with Crippen LogP contribution in [-0.4, -0.2) is 22.6 Å². The summed E-state index contributed by atoms with van der Waals surface area (Å²) < 4.78 is 0. The molecule has 1 aromatic carbocycles. The van der Waals surface area contributed by atoms with Gasteiger partial charge < -0.3 is 4.85 Å². The van der Waals surface area contributed by atoms with Crippen LogP contribution < -0.4 is 5.12 Å². The first kappa shape index (κ1) is 17.4. The average Bonchev–Trinajstić information content (AvgIpc) is 2.63. The Morgan fingerprint density at radius 2 is 2.12 bits per heavy atom. The molecule has 1 unspecified atom stereocenters. The highest BCUT2D eigenvalue weighted by molar-refractivity contribution is 6.06. The normalized spacial score (nSPS) is 17.2. The molecule has 1 heterocycles. The maximum atomic E-state index is 11.6. The van der Waals surface area contributed by atoms with Crippen molar-refractivity contribution in [2.75, 3.05) is 5.12 Å². The fraction of sp³-hybridized carbons (Fsp3) is 0.214. The van der Waals surface area contributed by atoms with Crippen LogP contribution in [-0.2, 0) is 4.79 Å². The van der Waals surface area contributed by atoms with Gasteiger partial charge in [-0.3, -0.25) is 4.79 Å². The number of carbonyl (C=O) groups excluding carboxylic acids is 1. The van der Waals surface area contributed by atoms with E-state index in [0.717, 1.165) is 0 Å². The zero-order chi connectivity index (χ0) is 18.4. The molecule has 2 rings (SSSR count). The molecule has 1 aliphatic heterocycles. The third-order valence-corrected chi connectivity index (χ3v) is 3.32. The fourth-order valence-electron chi connectivity index (χ4n) is 2.15. The number of rotatable bonds is 5. The third-order valence-electron chi connectivity index (χ3n) is 3.32. The van der Waals surface area contributed by atoms with Crippen LogP contribution in [0.25, 0.3) is 4.85 Å². The van der Waals surface area contributed by atoms with Crippen LogP contribution in [0.2, 0.25) is 0 Å². The quantitative estimate of drug-likeness (QED) is 0.266. The summed E-state index contributed by atoms with van der Waals surface area (Å²) in [6.07, 6.45) is 0.0924. The van der Waals surface area contributed by atoms with Gasteiger partial charge in [-0.15, -0.1) is 14.9 Å². The summed E-state index contributed by atoms with van der Waals surface area (Å²) in [7, 11) is 0. The molecule has 0 N–H and O–H groups in total. The standard InChI is InChI=1S/C14H10N8O3/c1-9-7-13(23)22(20-25)18-14(9)10-3-5-11(6-4-10)21(19-24)17-12(8-15)16-2/h3-6,9H,7H2,1H3/b17-12-. The zero-order valence-electron chi connectivity index (χ0n) is 12.9. The lowest BCUT2D eigenvalue weighted by atomic mass is 9.94. The lowest BCUT2D eigenvalue weighted by Crippen LogP contribution is -2.32. The summed E-state index contributed by atoms with van der Waals surface area (Å²) in [4.78, 5) is 35.9. The Morgan fingerprint density at radius 3 is 2.64 bits per heavy atom. The second kappa shape index (κ2) is 7.52. The Bertz CT molecular complexity index is 830. The molecule has 0 aromatic heterocycles. The maximum absolute atomic E-state index is 11.6. The van der Waals surface area contributed by atoms with Gasteiger partial charge in [-0.25, -0.2) is 5.26 Å². The van der Waals surface area contributed by atoms with Crippen molar-refractivity contribution in [3.63, 3.8) is 0 Å². The molecule has 11 nitrogen and oxygen atoms in total. The number of hydrazone groups is 2. The number of amides is 1. The summed E-state index contributed by atoms with van der Waals surface area (Å²) >= 11 is 0. The van der Waals surface area contributed by atoms with Crippen LogP contribution in [0.1, 0.15) is 18.9 Å². The van der Waals surface area contributed by atoms with Crippen molar-refractivity contribution in [1.82, 2.24) is 5.12 Å². The van der Waals surface area contributed by atoms with Gasteiger partial charge in [0, 0.05) is 17.4 Å². The van der Waals surface area contributed by atoms with Crippen LogP contribution in [0.5, 0.6) is 0 Å². The number of carbonyl (C=O) groups is 1. The van der Waals surface area contributed by atoms with Gasteiger partial charge in [-0.1, -0.05) is 30.7 Å². The molecule has 0 spiro atoms. The SMILES string of the molecule is [C-]#[N+]/C(C#N)=N\N(N=O)c1ccc(C2=NN(N=O)C(=O)CC2C)cc1. The van der Waals surface area contributed by atoms with Gasteiger partial charge in [0.05, 0.1) is 16.3 Å². The average molecular weight is 338 g/mol. The second-order valence-electron chi connectivity index (χ2n) is 4.92. The highest BCUT2D eigenvalue weighted by Gasteiger charge is 2.28. The minimum atomic E-state index is -0.542. The number of anilines is 1. The van der Waals surface area contributed by atoms with Gasteiger partial charge in [0.25, 0.3) is 5.91 Å². The van der Waals surface area contributed by atoms with E-state index >= 15 is 0 Å². The number of hydrogen-bond donors (Lipinski definition) is 0. The summed E-state index contributed by atoms with van der Waals surface area (Å²) in [5.41, 5.74) is 1.32. The van der Waals surface area contributed by atoms with Crippen LogP contribution in [0.15, 0.2) is 45.0 Å². The molecule has 11 heteroatoms. The van der Waals surface area contributed by atoms with Gasteiger partial charge >= 0.3 is 5.84 Å². The van der Waals surface area contributed by atoms with Gasteiger partial charge in [-0.2, -0.15) is 0 Å². The van der Waals surface area contributed by atoms with Crippen molar-refractivity contribution in [3.05, 3.63) is 51.1 Å². The summed E-state index contributed by atoms with van der Waals surface area (Å²) in [6, 6.07) is 7.65. The number of benzene rings is 1. The maximum Gasteiger partial charge on any atom is 0.373 e. The molecule has 1 atom stereocenters. The first-order valence-corrected chi connectivity index (χ1v) is 6.88. The van der Waals surface area contributed by atoms with E-state index in [4.69, 9.17) is 11.8 Å². The number of nitriles is 1. The molecule has 0 saturated heterocycles. The Labute approximate surface area is 141 Å². The lowest BCUT2D eigenvalue weighted by Gasteiger charge is -2.22. The molecule has 0 radical (unpaired) electrons. The third kappa shape index (κ3) is 3.68. The first-order chi connectivity index (χ1) is 12.0. The Balaban J connectivity index is 2.34. The molecule has 0 saturated carbocycles. The summed E-state index contributed by atoms with van der Waals surface area (Å²) in [5, 5.41) is 22.4. The molecule has 1 aromatic rings. The number of nitroso groups, excluding NO2 is 2. The summed E-state index contributed by atoms with van der Waals surface area (Å²) in [5.74, 6) is -1.25. The lowest BCUT2D eigenvalue weighted by molar-refractivity contribution is -0.132. The van der Waals surface area contributed by atoms with E-state index in [2.05, 4.69) is 25.6 Å². The van der Waals surface area contributed by atoms with Gasteiger partial charge in [-0.05, 0) is 22.8 Å². The van der Waals surface area contributed by atoms with Gasteiger partial charge in [0.1, 0.15) is 11.8 Å². The first-order valence-electron chi connectivity index (χ1n) is 6.88. The smallest absolute Gasteiger partial charge is 0.350 e. The molecule has 0 bridgehead atoms. The minimum absolute atomic E-state index is 0.0924. The highest BCUT2D eigenvalue weighted by Crippen LogP contribution is 2.23. The van der Waals surface area contributed by atoms with Crippen molar-refractivity contribution in [3.8, 4) is 6.07 Å². The monoisotopic (exact) mass is 338 g/mol. The molecule has 0 fully saturated rings. The van der Waals surface area contributed by atoms with Crippen LogP contribution in [0, 0.1) is 33.6 Å². The Morgan fingerprint density at radius 1 is 1.44 bits per heavy atom. The fourth-order valence-corrected chi connectivity index (χ4v) is 2.15. The minimum Gasteiger partial charge on any atom is -0.350 e. The Hall–Kier alpha value is -3.99. The summed E-state index contributed by atoms with van der Waals surface area (Å²) in [6.45, 7) is 8.54. The number of hydrogen-bond acceptors (Lipinski definition) is 8. The van der Waals surface area contributed by atoms with E-state index in [9.17, 15) is 14.6 Å². The number of amidine groups is 1. The van der Waals surface area contributed by atoms with Crippen molar-refractivity contribution in [1.29, 1.82) is 5.26 Å². The molecule has 124 valence electrons. The Kier molecular flexibility index (Phi) is 5.22. The van der Waals surface area contributed by atoms with E-state index in [1.165, 1.54) is 18.2 Å². The van der Waals surface area contributed by atoms with Crippen molar-refractivity contribution < 1.29 is 4.79 Å². The van der Waals surface area contributed by atoms with Crippen LogP contribution >= 0.6 is 0 Å². The molecular weight excluding hydrogens is 328 g/mol. The van der Waals surface area contributed by atoms with E-state index in [0.29, 0.717) is 21.5 Å². The highest BCUT2D eigenvalue weighted by atomic mass is 16.3. The van der Waals surface area contributed by atoms with Crippen molar-refractivity contribution >= 4 is 23.1 Å². The van der Waals surface area contributed by atoms with Gasteiger partial charge in [0.2, 0.25) is 0 Å². The largest absolute Gasteiger partial charge is 0.373 e. The van der Waals surface area contributed by atoms with Crippen LogP contribution in [0.4, 0.5) is 5.69 Å². The molecule has 0 aliphatic carbocycles. The molecule has 1 amide bonds. The molecule has 25 heavy (non-hydrogen) atoms. The zero-order valence-corrected chi connectivity index (χ0v) is 12.9. The van der Waals surface area contributed by atoms with E-state index in [-0.39, 0.29) is 18.0 Å². The van der Waals surface area contributed by atoms with Crippen molar-refractivity contribution in [2.45, 2.75) is 13.3 Å². The second-order valence-corrected chi connectivity index (χ2v) is 4.92. The molecular formula is C14H10N8O3.